The molecule has 6 aromatic rings. The van der Waals surface area contributed by atoms with Crippen LogP contribution < -0.4 is 24.6 Å². The van der Waals surface area contributed by atoms with Crippen molar-refractivity contribution >= 4 is 45.5 Å². The van der Waals surface area contributed by atoms with Crippen molar-refractivity contribution in [3.63, 3.8) is 0 Å². The van der Waals surface area contributed by atoms with E-state index in [1.54, 1.807) is 20.5 Å². The number of benzene rings is 4. The number of anilines is 6. The van der Waals surface area contributed by atoms with Crippen LogP contribution in [0.1, 0.15) is 0 Å². The average molecular weight is 600 g/mol. The summed E-state index contributed by atoms with van der Waals surface area (Å²) >= 11 is 0. The summed E-state index contributed by atoms with van der Waals surface area (Å²) in [6, 6.07) is 34.4. The van der Waals surface area contributed by atoms with Gasteiger partial charge in [-0.05, 0) is 48.5 Å². The summed E-state index contributed by atoms with van der Waals surface area (Å²) in [5.74, 6) is 3.32. The molecule has 1 fully saturated rings. The number of para-hydroxylation sites is 3. The molecule has 10 nitrogen and oxygen atoms in total. The Morgan fingerprint density at radius 1 is 0.756 bits per heavy atom. The number of imidazole rings is 1. The molecule has 1 aliphatic heterocycles. The van der Waals surface area contributed by atoms with Crippen molar-refractivity contribution in [2.45, 2.75) is 0 Å². The summed E-state index contributed by atoms with van der Waals surface area (Å²) in [5.41, 5.74) is 5.64. The third-order valence-corrected chi connectivity index (χ3v) is 7.76. The standard InChI is InChI=1S/C35H33N7O3/c1-43-29-20-25(21-30(22-29)44-2)38-35-39-31-10-6-7-11-32(31)42(35)34-23-33(36-24-37-34)41(27-8-4-3-5-9-27)28-14-12-26(13-15-28)40-16-18-45-19-17-40/h3-15,20-24H,16-19H2,1-2H3,(H,38,39). The molecule has 10 heteroatoms. The Bertz CT molecular complexity index is 1880. The van der Waals surface area contributed by atoms with Crippen LogP contribution in [0.25, 0.3) is 16.9 Å². The maximum atomic E-state index is 5.54. The van der Waals surface area contributed by atoms with Gasteiger partial charge in [-0.2, -0.15) is 0 Å². The number of rotatable bonds is 9. The molecule has 0 unspecified atom stereocenters. The predicted molar refractivity (Wildman–Crippen MR) is 177 cm³/mol. The Hall–Kier alpha value is -5.61. The lowest BCUT2D eigenvalue weighted by atomic mass is 10.2. The van der Waals surface area contributed by atoms with Gasteiger partial charge in [-0.15, -0.1) is 0 Å². The van der Waals surface area contributed by atoms with Crippen molar-refractivity contribution in [1.82, 2.24) is 19.5 Å². The second-order valence-corrected chi connectivity index (χ2v) is 10.5. The Labute approximate surface area is 261 Å². The third-order valence-electron chi connectivity index (χ3n) is 7.76. The first-order valence-corrected chi connectivity index (χ1v) is 14.8. The summed E-state index contributed by atoms with van der Waals surface area (Å²) < 4.78 is 18.5. The van der Waals surface area contributed by atoms with Crippen molar-refractivity contribution in [1.29, 1.82) is 0 Å². The molecule has 0 saturated carbocycles. The number of ether oxygens (including phenoxy) is 3. The van der Waals surface area contributed by atoms with Crippen LogP contribution in [0.3, 0.4) is 0 Å². The van der Waals surface area contributed by atoms with Gasteiger partial charge in [-0.3, -0.25) is 9.47 Å². The minimum atomic E-state index is 0.595. The minimum absolute atomic E-state index is 0.595. The van der Waals surface area contributed by atoms with Crippen LogP contribution in [0.5, 0.6) is 11.5 Å². The molecular weight excluding hydrogens is 566 g/mol. The highest BCUT2D eigenvalue weighted by molar-refractivity contribution is 5.83. The van der Waals surface area contributed by atoms with Gasteiger partial charge in [0.05, 0.1) is 38.5 Å². The van der Waals surface area contributed by atoms with Crippen molar-refractivity contribution < 1.29 is 14.2 Å². The minimum Gasteiger partial charge on any atom is -0.497 e. The lowest BCUT2D eigenvalue weighted by Crippen LogP contribution is -2.36. The van der Waals surface area contributed by atoms with E-state index in [9.17, 15) is 0 Å². The number of morpholine rings is 1. The molecule has 2 aromatic heterocycles. The van der Waals surface area contributed by atoms with E-state index in [1.807, 2.05) is 71.3 Å². The molecule has 0 bridgehead atoms. The smallest absolute Gasteiger partial charge is 0.214 e. The van der Waals surface area contributed by atoms with Crippen molar-refractivity contribution in [2.24, 2.45) is 0 Å². The topological polar surface area (TPSA) is 89.8 Å². The van der Waals surface area contributed by atoms with Crippen molar-refractivity contribution in [2.75, 3.05) is 55.6 Å². The maximum Gasteiger partial charge on any atom is 0.214 e. The highest BCUT2D eigenvalue weighted by Gasteiger charge is 2.19. The number of methoxy groups -OCH3 is 2. The molecule has 0 radical (unpaired) electrons. The number of aromatic nitrogens is 4. The van der Waals surface area contributed by atoms with Gasteiger partial charge in [-0.25, -0.2) is 15.0 Å². The lowest BCUT2D eigenvalue weighted by Gasteiger charge is -2.30. The quantitative estimate of drug-likeness (QED) is 0.191. The number of fused-ring (bicyclic) bond motifs is 1. The first-order chi connectivity index (χ1) is 22.2. The van der Waals surface area contributed by atoms with Crippen LogP contribution in [0, 0.1) is 0 Å². The molecular formula is C35H33N7O3. The number of nitrogens with one attached hydrogen (secondary N) is 1. The van der Waals surface area contributed by atoms with Gasteiger partial charge in [0.1, 0.15) is 29.5 Å². The van der Waals surface area contributed by atoms with Gasteiger partial charge in [0.2, 0.25) is 5.95 Å². The molecule has 3 heterocycles. The van der Waals surface area contributed by atoms with Gasteiger partial charge >= 0.3 is 0 Å². The third kappa shape index (κ3) is 5.83. The number of hydrogen-bond acceptors (Lipinski definition) is 9. The highest BCUT2D eigenvalue weighted by atomic mass is 16.5. The summed E-state index contributed by atoms with van der Waals surface area (Å²) in [6.45, 7) is 3.25. The van der Waals surface area contributed by atoms with E-state index in [0.29, 0.717) is 23.3 Å². The van der Waals surface area contributed by atoms with E-state index in [1.165, 1.54) is 5.69 Å². The van der Waals surface area contributed by atoms with Crippen LogP contribution in [-0.4, -0.2) is 60.0 Å². The van der Waals surface area contributed by atoms with E-state index in [-0.39, 0.29) is 0 Å². The fraction of sp³-hybridized carbons (Fsp3) is 0.171. The Kier molecular flexibility index (Phi) is 7.86. The van der Waals surface area contributed by atoms with Crippen LogP contribution >= 0.6 is 0 Å². The number of hydrogen-bond donors (Lipinski definition) is 1. The van der Waals surface area contributed by atoms with Crippen LogP contribution in [0.2, 0.25) is 0 Å². The van der Waals surface area contributed by atoms with Crippen LogP contribution in [0.15, 0.2) is 109 Å². The molecule has 45 heavy (non-hydrogen) atoms. The Morgan fingerprint density at radius 2 is 1.44 bits per heavy atom. The monoisotopic (exact) mass is 599 g/mol. The van der Waals surface area contributed by atoms with Gasteiger partial charge < -0.3 is 24.4 Å². The fourth-order valence-corrected chi connectivity index (χ4v) is 5.56. The van der Waals surface area contributed by atoms with Gasteiger partial charge in [-0.1, -0.05) is 30.3 Å². The summed E-state index contributed by atoms with van der Waals surface area (Å²) in [6.07, 6.45) is 1.59. The summed E-state index contributed by atoms with van der Waals surface area (Å²) in [5, 5.41) is 3.46. The molecule has 0 spiro atoms. The van der Waals surface area contributed by atoms with Gasteiger partial charge in [0.25, 0.3) is 0 Å². The molecule has 1 aliphatic rings. The van der Waals surface area contributed by atoms with E-state index >= 15 is 0 Å². The molecule has 1 N–H and O–H groups in total. The zero-order chi connectivity index (χ0) is 30.6. The van der Waals surface area contributed by atoms with Gasteiger partial charge in [0.15, 0.2) is 0 Å². The Morgan fingerprint density at radius 3 is 2.18 bits per heavy atom. The van der Waals surface area contributed by atoms with Crippen molar-refractivity contribution in [3.8, 4) is 17.3 Å². The molecule has 0 atom stereocenters. The largest absolute Gasteiger partial charge is 0.497 e. The lowest BCUT2D eigenvalue weighted by molar-refractivity contribution is 0.122. The van der Waals surface area contributed by atoms with E-state index < -0.39 is 0 Å². The SMILES string of the molecule is COc1cc(Nc2nc3ccccc3n2-c2cc(N(c3ccccc3)c3ccc(N4CCOCC4)cc3)ncn2)cc(OC)c1. The Balaban J connectivity index is 1.31. The molecule has 1 saturated heterocycles. The zero-order valence-electron chi connectivity index (χ0n) is 25.1. The maximum absolute atomic E-state index is 5.54. The molecule has 7 rings (SSSR count). The first-order valence-electron chi connectivity index (χ1n) is 14.8. The predicted octanol–water partition coefficient (Wildman–Crippen LogP) is 6.88. The molecule has 0 aliphatic carbocycles. The van der Waals surface area contributed by atoms with E-state index in [2.05, 4.69) is 51.5 Å². The number of nitrogens with zero attached hydrogens (tertiary/aromatic N) is 6. The summed E-state index contributed by atoms with van der Waals surface area (Å²) in [7, 11) is 3.26. The molecule has 226 valence electrons. The normalized spacial score (nSPS) is 13.1. The average Bonchev–Trinajstić information content (AvgIpc) is 3.47. The fourth-order valence-electron chi connectivity index (χ4n) is 5.56. The molecule has 0 amide bonds. The van der Waals surface area contributed by atoms with Gasteiger partial charge in [0, 0.05) is 60.1 Å². The highest BCUT2D eigenvalue weighted by Crippen LogP contribution is 2.36. The first kappa shape index (κ1) is 28.2. The second kappa shape index (κ2) is 12.6. The van der Waals surface area contributed by atoms with Crippen molar-refractivity contribution in [3.05, 3.63) is 109 Å². The van der Waals surface area contributed by atoms with Crippen LogP contribution in [-0.2, 0) is 4.74 Å². The molecule has 4 aromatic carbocycles. The second-order valence-electron chi connectivity index (χ2n) is 10.5. The summed E-state index contributed by atoms with van der Waals surface area (Å²) in [4.78, 5) is 18.9. The van der Waals surface area contributed by atoms with E-state index in [4.69, 9.17) is 29.2 Å². The van der Waals surface area contributed by atoms with Crippen LogP contribution in [0.4, 0.5) is 34.5 Å². The zero-order valence-corrected chi connectivity index (χ0v) is 25.1. The van der Waals surface area contributed by atoms with E-state index in [0.717, 1.165) is 60.2 Å².